The highest BCUT2D eigenvalue weighted by molar-refractivity contribution is 5.72. The minimum absolute atomic E-state index is 0.157. The Labute approximate surface area is 261 Å². The van der Waals surface area contributed by atoms with Crippen LogP contribution in [0.3, 0.4) is 0 Å². The van der Waals surface area contributed by atoms with E-state index in [1.807, 2.05) is 13.8 Å². The van der Waals surface area contributed by atoms with Crippen LogP contribution < -0.4 is 0 Å². The van der Waals surface area contributed by atoms with Gasteiger partial charge in [-0.1, -0.05) is 80.1 Å². The van der Waals surface area contributed by atoms with Crippen molar-refractivity contribution in [3.8, 4) is 0 Å². The highest BCUT2D eigenvalue weighted by Gasteiger charge is 2.21. The highest BCUT2D eigenvalue weighted by Crippen LogP contribution is 2.17. The number of esters is 4. The molecule has 0 bridgehead atoms. The zero-order chi connectivity index (χ0) is 32.6. The molecular weight excluding hydrogens is 552 g/mol. The summed E-state index contributed by atoms with van der Waals surface area (Å²) >= 11 is 0. The molecule has 0 aromatic rings. The summed E-state index contributed by atoms with van der Waals surface area (Å²) in [5.41, 5.74) is 0. The molecule has 0 saturated carbocycles. The number of rotatable bonds is 26. The molecule has 0 aliphatic rings. The lowest BCUT2D eigenvalue weighted by Crippen LogP contribution is -2.31. The molecule has 0 N–H and O–H groups in total. The van der Waals surface area contributed by atoms with Crippen molar-refractivity contribution >= 4 is 23.9 Å². The van der Waals surface area contributed by atoms with Gasteiger partial charge >= 0.3 is 23.9 Å². The number of unbranched alkanes of at least 4 members (excludes halogenated alkanes) is 2. The van der Waals surface area contributed by atoms with Gasteiger partial charge in [0, 0.05) is 26.4 Å². The summed E-state index contributed by atoms with van der Waals surface area (Å²) in [5, 5.41) is 0. The van der Waals surface area contributed by atoms with Gasteiger partial charge in [0.2, 0.25) is 0 Å². The zero-order valence-electron chi connectivity index (χ0n) is 28.5. The van der Waals surface area contributed by atoms with Crippen molar-refractivity contribution in [3.05, 3.63) is 0 Å². The first-order valence-electron chi connectivity index (χ1n) is 16.5. The third-order valence-electron chi connectivity index (χ3n) is 7.23. The molecule has 0 fully saturated rings. The van der Waals surface area contributed by atoms with Crippen molar-refractivity contribution < 1.29 is 42.9 Å². The van der Waals surface area contributed by atoms with E-state index < -0.39 is 12.1 Å². The maximum atomic E-state index is 12.5. The molecule has 0 radical (unpaired) electrons. The van der Waals surface area contributed by atoms with Crippen LogP contribution in [0.4, 0.5) is 0 Å². The number of carbonyl (C=O) groups is 4. The molecule has 0 saturated heterocycles. The van der Waals surface area contributed by atoms with E-state index in [0.29, 0.717) is 50.5 Å². The Morgan fingerprint density at radius 1 is 0.558 bits per heavy atom. The SMILES string of the molecule is COCC(C)C(=O)OCCCCCC(=O)OC(COC(=O)CC(C)CCCC(C)C)COC(=O)CC(C)CCCC(C)C. The van der Waals surface area contributed by atoms with Crippen molar-refractivity contribution in [1.29, 1.82) is 0 Å². The molecule has 43 heavy (non-hydrogen) atoms. The smallest absolute Gasteiger partial charge is 0.310 e. The Bertz CT molecular complexity index is 727. The van der Waals surface area contributed by atoms with E-state index in [9.17, 15) is 19.2 Å². The summed E-state index contributed by atoms with van der Waals surface area (Å²) in [6.45, 7) is 14.8. The first kappa shape index (κ1) is 40.8. The third-order valence-corrected chi connectivity index (χ3v) is 7.23. The van der Waals surface area contributed by atoms with E-state index in [-0.39, 0.29) is 61.9 Å². The van der Waals surface area contributed by atoms with Gasteiger partial charge in [-0.15, -0.1) is 0 Å². The topological polar surface area (TPSA) is 114 Å². The molecule has 0 rings (SSSR count). The largest absolute Gasteiger partial charge is 0.465 e. The van der Waals surface area contributed by atoms with Gasteiger partial charge in [0.25, 0.3) is 0 Å². The minimum atomic E-state index is -0.865. The molecule has 0 spiro atoms. The fourth-order valence-electron chi connectivity index (χ4n) is 4.55. The Hall–Kier alpha value is -2.16. The molecule has 252 valence electrons. The Balaban J connectivity index is 4.70. The van der Waals surface area contributed by atoms with Crippen molar-refractivity contribution in [1.82, 2.24) is 0 Å². The van der Waals surface area contributed by atoms with Gasteiger partial charge < -0.3 is 23.7 Å². The van der Waals surface area contributed by atoms with Gasteiger partial charge in [-0.05, 0) is 49.9 Å². The second-order valence-corrected chi connectivity index (χ2v) is 13.1. The van der Waals surface area contributed by atoms with Crippen LogP contribution in [0.2, 0.25) is 0 Å². The summed E-state index contributed by atoms with van der Waals surface area (Å²) in [6, 6.07) is 0. The van der Waals surface area contributed by atoms with Crippen LogP contribution in [0.1, 0.15) is 126 Å². The van der Waals surface area contributed by atoms with E-state index in [1.54, 1.807) is 6.92 Å². The monoisotopic (exact) mass is 614 g/mol. The Morgan fingerprint density at radius 3 is 1.53 bits per heavy atom. The van der Waals surface area contributed by atoms with Crippen LogP contribution in [0.15, 0.2) is 0 Å². The standard InChI is InChI=1S/C34H62O9/c1-25(2)14-12-16-27(5)20-32(36)41-23-30(24-42-33(37)21-28(6)17-13-15-26(3)4)43-31(35)18-10-9-11-19-40-34(38)29(7)22-39-8/h25-30H,9-24H2,1-8H3. The molecule has 0 aliphatic heterocycles. The van der Waals surface area contributed by atoms with E-state index in [4.69, 9.17) is 23.7 Å². The van der Waals surface area contributed by atoms with Crippen LogP contribution in [0, 0.1) is 29.6 Å². The molecule has 3 unspecified atom stereocenters. The first-order valence-corrected chi connectivity index (χ1v) is 16.5. The number of ether oxygens (including phenoxy) is 5. The lowest BCUT2D eigenvalue weighted by atomic mass is 9.97. The molecule has 0 heterocycles. The van der Waals surface area contributed by atoms with Crippen LogP contribution in [-0.2, 0) is 42.9 Å². The molecule has 0 aromatic heterocycles. The lowest BCUT2D eigenvalue weighted by molar-refractivity contribution is -0.167. The third kappa shape index (κ3) is 24.9. The average molecular weight is 615 g/mol. The molecule has 0 aromatic carbocycles. The first-order chi connectivity index (χ1) is 20.3. The second kappa shape index (κ2) is 25.2. The van der Waals surface area contributed by atoms with Gasteiger partial charge in [0.15, 0.2) is 6.10 Å². The van der Waals surface area contributed by atoms with E-state index in [2.05, 4.69) is 27.7 Å². The summed E-state index contributed by atoms with van der Waals surface area (Å²) in [5.74, 6) is -0.110. The van der Waals surface area contributed by atoms with E-state index in [0.717, 1.165) is 38.5 Å². The van der Waals surface area contributed by atoms with Crippen LogP contribution in [-0.4, -0.2) is 63.5 Å². The van der Waals surface area contributed by atoms with Gasteiger partial charge in [0.05, 0.1) is 19.1 Å². The molecule has 9 nitrogen and oxygen atoms in total. The molecule has 0 aliphatic carbocycles. The fraction of sp³-hybridized carbons (Fsp3) is 0.882. The van der Waals surface area contributed by atoms with Crippen molar-refractivity contribution in [2.75, 3.05) is 33.5 Å². The van der Waals surface area contributed by atoms with Crippen LogP contribution in [0.25, 0.3) is 0 Å². The molecular formula is C34H62O9. The van der Waals surface area contributed by atoms with Gasteiger partial charge in [-0.25, -0.2) is 0 Å². The lowest BCUT2D eigenvalue weighted by Gasteiger charge is -2.19. The van der Waals surface area contributed by atoms with Crippen molar-refractivity contribution in [2.24, 2.45) is 29.6 Å². The zero-order valence-corrected chi connectivity index (χ0v) is 28.5. The van der Waals surface area contributed by atoms with Gasteiger partial charge in [-0.3, -0.25) is 19.2 Å². The van der Waals surface area contributed by atoms with Crippen molar-refractivity contribution in [2.45, 2.75) is 132 Å². The second-order valence-electron chi connectivity index (χ2n) is 13.1. The normalized spacial score (nSPS) is 14.2. The maximum absolute atomic E-state index is 12.5. The Morgan fingerprint density at radius 2 is 1.07 bits per heavy atom. The molecule has 9 heteroatoms. The predicted octanol–water partition coefficient (Wildman–Crippen LogP) is 7.08. The maximum Gasteiger partial charge on any atom is 0.310 e. The summed E-state index contributed by atoms with van der Waals surface area (Å²) in [4.78, 5) is 49.3. The number of hydrogen-bond donors (Lipinski definition) is 0. The fourth-order valence-corrected chi connectivity index (χ4v) is 4.55. The van der Waals surface area contributed by atoms with Crippen LogP contribution >= 0.6 is 0 Å². The van der Waals surface area contributed by atoms with Crippen molar-refractivity contribution in [3.63, 3.8) is 0 Å². The number of carbonyl (C=O) groups excluding carboxylic acids is 4. The molecule has 3 atom stereocenters. The minimum Gasteiger partial charge on any atom is -0.465 e. The predicted molar refractivity (Wildman–Crippen MR) is 167 cm³/mol. The number of methoxy groups -OCH3 is 1. The average Bonchev–Trinajstić information content (AvgIpc) is 2.91. The van der Waals surface area contributed by atoms with E-state index >= 15 is 0 Å². The number of hydrogen-bond acceptors (Lipinski definition) is 9. The van der Waals surface area contributed by atoms with Gasteiger partial charge in [0.1, 0.15) is 13.2 Å². The van der Waals surface area contributed by atoms with E-state index in [1.165, 1.54) is 7.11 Å². The molecule has 0 amide bonds. The quantitative estimate of drug-likeness (QED) is 0.0573. The van der Waals surface area contributed by atoms with Gasteiger partial charge in [-0.2, -0.15) is 0 Å². The Kier molecular flexibility index (Phi) is 23.9. The summed E-state index contributed by atoms with van der Waals surface area (Å²) in [7, 11) is 1.54. The summed E-state index contributed by atoms with van der Waals surface area (Å²) < 4.78 is 26.6. The highest BCUT2D eigenvalue weighted by atomic mass is 16.6. The summed E-state index contributed by atoms with van der Waals surface area (Å²) in [6.07, 6.45) is 8.01. The van der Waals surface area contributed by atoms with Crippen LogP contribution in [0.5, 0.6) is 0 Å².